The standard InChI is InChI=1S/C13H20BrNO/c1-4-13(2,3)10-5-6-12(11(14)9-10)16-8-7-15/h5-6,9H,4,7-8,15H2,1-3H3. The Hall–Kier alpha value is -0.540. The van der Waals surface area contributed by atoms with Crippen LogP contribution in [0.1, 0.15) is 32.8 Å². The van der Waals surface area contributed by atoms with Gasteiger partial charge in [-0.05, 0) is 45.5 Å². The smallest absolute Gasteiger partial charge is 0.133 e. The SMILES string of the molecule is CCC(C)(C)c1ccc(OCCN)c(Br)c1. The second kappa shape index (κ2) is 5.69. The van der Waals surface area contributed by atoms with Crippen molar-refractivity contribution in [3.05, 3.63) is 28.2 Å². The van der Waals surface area contributed by atoms with Gasteiger partial charge in [-0.25, -0.2) is 0 Å². The molecular formula is C13H20BrNO. The van der Waals surface area contributed by atoms with Gasteiger partial charge in [0.05, 0.1) is 4.47 Å². The highest BCUT2D eigenvalue weighted by atomic mass is 79.9. The van der Waals surface area contributed by atoms with Crippen molar-refractivity contribution in [2.45, 2.75) is 32.6 Å². The fourth-order valence-corrected chi connectivity index (χ4v) is 1.91. The first-order chi connectivity index (χ1) is 7.51. The van der Waals surface area contributed by atoms with Gasteiger partial charge in [-0.2, -0.15) is 0 Å². The van der Waals surface area contributed by atoms with E-state index in [0.717, 1.165) is 16.6 Å². The number of ether oxygens (including phenoxy) is 1. The summed E-state index contributed by atoms with van der Waals surface area (Å²) in [5.41, 5.74) is 6.93. The number of rotatable bonds is 5. The van der Waals surface area contributed by atoms with E-state index in [9.17, 15) is 0 Å². The van der Waals surface area contributed by atoms with E-state index in [1.54, 1.807) is 0 Å². The molecule has 1 aromatic rings. The fraction of sp³-hybridized carbons (Fsp3) is 0.538. The Kier molecular flexibility index (Phi) is 4.81. The van der Waals surface area contributed by atoms with Gasteiger partial charge in [-0.1, -0.05) is 26.8 Å². The molecule has 0 atom stereocenters. The monoisotopic (exact) mass is 285 g/mol. The van der Waals surface area contributed by atoms with Crippen LogP contribution in [0.3, 0.4) is 0 Å². The van der Waals surface area contributed by atoms with Crippen LogP contribution in [-0.4, -0.2) is 13.2 Å². The van der Waals surface area contributed by atoms with Gasteiger partial charge in [0.1, 0.15) is 12.4 Å². The summed E-state index contributed by atoms with van der Waals surface area (Å²) in [6.45, 7) is 7.78. The van der Waals surface area contributed by atoms with Gasteiger partial charge in [-0.3, -0.25) is 0 Å². The Morgan fingerprint density at radius 3 is 2.56 bits per heavy atom. The zero-order chi connectivity index (χ0) is 12.2. The van der Waals surface area contributed by atoms with Gasteiger partial charge < -0.3 is 10.5 Å². The van der Waals surface area contributed by atoms with Crippen LogP contribution in [0.4, 0.5) is 0 Å². The lowest BCUT2D eigenvalue weighted by Gasteiger charge is -2.24. The van der Waals surface area contributed by atoms with Gasteiger partial charge in [0, 0.05) is 6.54 Å². The summed E-state index contributed by atoms with van der Waals surface area (Å²) in [5, 5.41) is 0. The normalized spacial score (nSPS) is 11.6. The van der Waals surface area contributed by atoms with Crippen molar-refractivity contribution in [3.63, 3.8) is 0 Å². The molecule has 1 aromatic carbocycles. The molecule has 0 spiro atoms. The third-order valence-corrected chi connectivity index (χ3v) is 3.59. The molecule has 90 valence electrons. The maximum absolute atomic E-state index is 5.52. The average molecular weight is 286 g/mol. The van der Waals surface area contributed by atoms with Gasteiger partial charge in [0.25, 0.3) is 0 Å². The first-order valence-corrected chi connectivity index (χ1v) is 6.43. The average Bonchev–Trinajstić information content (AvgIpc) is 2.27. The van der Waals surface area contributed by atoms with Crippen LogP contribution in [0.5, 0.6) is 5.75 Å². The Labute approximate surface area is 106 Å². The number of benzene rings is 1. The molecule has 1 rings (SSSR count). The van der Waals surface area contributed by atoms with Crippen LogP contribution in [0.15, 0.2) is 22.7 Å². The number of nitrogens with two attached hydrogens (primary N) is 1. The highest BCUT2D eigenvalue weighted by Gasteiger charge is 2.18. The molecule has 0 saturated heterocycles. The highest BCUT2D eigenvalue weighted by Crippen LogP contribution is 2.33. The van der Waals surface area contributed by atoms with Gasteiger partial charge in [0.2, 0.25) is 0 Å². The first kappa shape index (κ1) is 13.5. The molecule has 0 aliphatic carbocycles. The van der Waals surface area contributed by atoms with Crippen molar-refractivity contribution < 1.29 is 4.74 Å². The number of halogens is 1. The molecule has 2 N–H and O–H groups in total. The summed E-state index contributed by atoms with van der Waals surface area (Å²) in [6.07, 6.45) is 1.11. The van der Waals surface area contributed by atoms with Crippen molar-refractivity contribution in [2.24, 2.45) is 5.73 Å². The summed E-state index contributed by atoms with van der Waals surface area (Å²) in [7, 11) is 0. The lowest BCUT2D eigenvalue weighted by Crippen LogP contribution is -2.15. The molecular weight excluding hydrogens is 266 g/mol. The van der Waals surface area contributed by atoms with Crippen LogP contribution in [0.2, 0.25) is 0 Å². The highest BCUT2D eigenvalue weighted by molar-refractivity contribution is 9.10. The molecule has 0 fully saturated rings. The third-order valence-electron chi connectivity index (χ3n) is 2.97. The van der Waals surface area contributed by atoms with Gasteiger partial charge >= 0.3 is 0 Å². The van der Waals surface area contributed by atoms with E-state index in [-0.39, 0.29) is 5.41 Å². The van der Waals surface area contributed by atoms with Crippen LogP contribution in [0, 0.1) is 0 Å². The summed E-state index contributed by atoms with van der Waals surface area (Å²) in [5.74, 6) is 0.862. The summed E-state index contributed by atoms with van der Waals surface area (Å²) in [6, 6.07) is 6.27. The minimum Gasteiger partial charge on any atom is -0.491 e. The summed E-state index contributed by atoms with van der Waals surface area (Å²) < 4.78 is 6.52. The molecule has 0 aliphatic rings. The quantitative estimate of drug-likeness (QED) is 0.899. The van der Waals surface area contributed by atoms with E-state index < -0.39 is 0 Å². The van der Waals surface area contributed by atoms with Crippen LogP contribution < -0.4 is 10.5 Å². The van der Waals surface area contributed by atoms with E-state index in [1.165, 1.54) is 5.56 Å². The van der Waals surface area contributed by atoms with Crippen LogP contribution >= 0.6 is 15.9 Å². The van der Waals surface area contributed by atoms with E-state index in [4.69, 9.17) is 10.5 Å². The molecule has 0 aromatic heterocycles. The topological polar surface area (TPSA) is 35.2 Å². The Balaban J connectivity index is 2.90. The molecule has 0 radical (unpaired) electrons. The minimum absolute atomic E-state index is 0.203. The first-order valence-electron chi connectivity index (χ1n) is 5.64. The Morgan fingerprint density at radius 2 is 2.06 bits per heavy atom. The van der Waals surface area contributed by atoms with E-state index in [1.807, 2.05) is 6.07 Å². The van der Waals surface area contributed by atoms with E-state index in [0.29, 0.717) is 13.2 Å². The van der Waals surface area contributed by atoms with Crippen molar-refractivity contribution in [3.8, 4) is 5.75 Å². The molecule has 0 unspecified atom stereocenters. The van der Waals surface area contributed by atoms with Gasteiger partial charge in [0.15, 0.2) is 0 Å². The second-order valence-corrected chi connectivity index (χ2v) is 5.37. The summed E-state index contributed by atoms with van der Waals surface area (Å²) in [4.78, 5) is 0. The third kappa shape index (κ3) is 3.22. The lowest BCUT2D eigenvalue weighted by atomic mass is 9.82. The zero-order valence-electron chi connectivity index (χ0n) is 10.2. The maximum atomic E-state index is 5.52. The number of hydrogen-bond donors (Lipinski definition) is 1. The molecule has 0 bridgehead atoms. The predicted molar refractivity (Wildman–Crippen MR) is 72.0 cm³/mol. The molecule has 3 heteroatoms. The Morgan fingerprint density at radius 1 is 1.38 bits per heavy atom. The fourth-order valence-electron chi connectivity index (χ4n) is 1.41. The lowest BCUT2D eigenvalue weighted by molar-refractivity contribution is 0.326. The maximum Gasteiger partial charge on any atom is 0.133 e. The Bertz CT molecular complexity index is 350. The van der Waals surface area contributed by atoms with Crippen molar-refractivity contribution in [1.82, 2.24) is 0 Å². The largest absolute Gasteiger partial charge is 0.491 e. The zero-order valence-corrected chi connectivity index (χ0v) is 11.8. The van der Waals surface area contributed by atoms with Crippen molar-refractivity contribution >= 4 is 15.9 Å². The van der Waals surface area contributed by atoms with Crippen LogP contribution in [-0.2, 0) is 5.41 Å². The minimum atomic E-state index is 0.203. The second-order valence-electron chi connectivity index (χ2n) is 4.52. The van der Waals surface area contributed by atoms with E-state index in [2.05, 4.69) is 48.8 Å². The van der Waals surface area contributed by atoms with E-state index >= 15 is 0 Å². The molecule has 16 heavy (non-hydrogen) atoms. The molecule has 0 amide bonds. The predicted octanol–water partition coefficient (Wildman–Crippen LogP) is 3.47. The van der Waals surface area contributed by atoms with Crippen molar-refractivity contribution in [2.75, 3.05) is 13.2 Å². The molecule has 0 saturated carbocycles. The summed E-state index contributed by atoms with van der Waals surface area (Å²) >= 11 is 3.53. The molecule has 2 nitrogen and oxygen atoms in total. The van der Waals surface area contributed by atoms with Gasteiger partial charge in [-0.15, -0.1) is 0 Å². The molecule has 0 aliphatic heterocycles. The molecule has 0 heterocycles. The van der Waals surface area contributed by atoms with Crippen LogP contribution in [0.25, 0.3) is 0 Å². The van der Waals surface area contributed by atoms with Crippen molar-refractivity contribution in [1.29, 1.82) is 0 Å². The number of hydrogen-bond acceptors (Lipinski definition) is 2.